The number of nitro benzene ring substituents is 1. The van der Waals surface area contributed by atoms with Gasteiger partial charge in [-0.15, -0.1) is 0 Å². The second kappa shape index (κ2) is 8.19. The van der Waals surface area contributed by atoms with Crippen molar-refractivity contribution in [2.45, 2.75) is 0 Å². The molecule has 2 aromatic rings. The molecular formula is C15H18ClN5O5. The fourth-order valence-electron chi connectivity index (χ4n) is 2.73. The van der Waals surface area contributed by atoms with Gasteiger partial charge in [0.1, 0.15) is 6.61 Å². The van der Waals surface area contributed by atoms with E-state index in [-0.39, 0.29) is 17.4 Å². The summed E-state index contributed by atoms with van der Waals surface area (Å²) in [5.74, 6) is 0.464. The molecule has 11 heteroatoms. The summed E-state index contributed by atoms with van der Waals surface area (Å²) < 4.78 is 15.0. The summed E-state index contributed by atoms with van der Waals surface area (Å²) >= 11 is 6.20. The number of nitro groups is 1. The topological polar surface area (TPSA) is 107 Å². The van der Waals surface area contributed by atoms with Crippen molar-refractivity contribution in [3.8, 4) is 11.8 Å². The molecule has 1 fully saturated rings. The van der Waals surface area contributed by atoms with E-state index in [0.717, 1.165) is 38.4 Å². The molecule has 0 amide bonds. The first-order chi connectivity index (χ1) is 12.6. The first kappa shape index (κ1) is 18.2. The van der Waals surface area contributed by atoms with E-state index in [9.17, 15) is 10.1 Å². The molecule has 0 saturated carbocycles. The van der Waals surface area contributed by atoms with Gasteiger partial charge in [-0.1, -0.05) is 11.6 Å². The number of halogens is 1. The Kier molecular flexibility index (Phi) is 5.74. The van der Waals surface area contributed by atoms with Crippen molar-refractivity contribution >= 4 is 23.0 Å². The van der Waals surface area contributed by atoms with Crippen LogP contribution in [-0.2, 0) is 0 Å². The fraction of sp³-hybridized carbons (Fsp3) is 0.467. The van der Waals surface area contributed by atoms with Gasteiger partial charge in [-0.2, -0.15) is 0 Å². The number of hydrogen-bond donors (Lipinski definition) is 0. The second-order valence-electron chi connectivity index (χ2n) is 5.65. The molecular weight excluding hydrogens is 366 g/mol. The highest BCUT2D eigenvalue weighted by molar-refractivity contribution is 6.33. The average molecular weight is 384 g/mol. The summed E-state index contributed by atoms with van der Waals surface area (Å²) in [6, 6.07) is 4.56. The first-order valence-electron chi connectivity index (χ1n) is 7.99. The third-order valence-corrected chi connectivity index (χ3v) is 4.43. The molecule has 1 aliphatic heterocycles. The van der Waals surface area contributed by atoms with E-state index in [0.29, 0.717) is 11.6 Å². The predicted octanol–water partition coefficient (Wildman–Crippen LogP) is 1.84. The Balaban J connectivity index is 1.48. The Labute approximate surface area is 154 Å². The van der Waals surface area contributed by atoms with Gasteiger partial charge in [-0.3, -0.25) is 15.0 Å². The van der Waals surface area contributed by atoms with Gasteiger partial charge in [-0.25, -0.2) is 4.63 Å². The molecule has 140 valence electrons. The fourth-order valence-corrected chi connectivity index (χ4v) is 3.03. The molecule has 1 saturated heterocycles. The third kappa shape index (κ3) is 4.14. The zero-order chi connectivity index (χ0) is 18.5. The minimum absolute atomic E-state index is 0.00712. The lowest BCUT2D eigenvalue weighted by Gasteiger charge is -2.36. The van der Waals surface area contributed by atoms with E-state index < -0.39 is 4.92 Å². The van der Waals surface area contributed by atoms with Crippen LogP contribution in [0.25, 0.3) is 0 Å². The van der Waals surface area contributed by atoms with Crippen molar-refractivity contribution < 1.29 is 19.0 Å². The Morgan fingerprint density at radius 3 is 2.65 bits per heavy atom. The van der Waals surface area contributed by atoms with Crippen LogP contribution in [0.3, 0.4) is 0 Å². The number of aromatic nitrogens is 2. The molecule has 0 atom stereocenters. The molecule has 0 radical (unpaired) electrons. The summed E-state index contributed by atoms with van der Waals surface area (Å²) in [6.07, 6.45) is 0. The Hall–Kier alpha value is -2.59. The van der Waals surface area contributed by atoms with Crippen LogP contribution in [0.1, 0.15) is 0 Å². The SMILES string of the molecule is COc1nonc1OCCN1CCN(c2ccc([N+](=O)[O-])cc2Cl)CC1. The third-order valence-electron chi connectivity index (χ3n) is 4.13. The van der Waals surface area contributed by atoms with Gasteiger partial charge in [0.25, 0.3) is 5.69 Å². The lowest BCUT2D eigenvalue weighted by Crippen LogP contribution is -2.47. The summed E-state index contributed by atoms with van der Waals surface area (Å²) in [5.41, 5.74) is 0.805. The first-order valence-corrected chi connectivity index (χ1v) is 8.37. The van der Waals surface area contributed by atoms with Crippen LogP contribution >= 0.6 is 11.6 Å². The van der Waals surface area contributed by atoms with E-state index >= 15 is 0 Å². The molecule has 0 bridgehead atoms. The molecule has 1 aromatic heterocycles. The zero-order valence-electron chi connectivity index (χ0n) is 14.1. The quantitative estimate of drug-likeness (QED) is 0.522. The molecule has 0 spiro atoms. The second-order valence-corrected chi connectivity index (χ2v) is 6.06. The Morgan fingerprint density at radius 2 is 2.00 bits per heavy atom. The molecule has 26 heavy (non-hydrogen) atoms. The maximum atomic E-state index is 10.8. The summed E-state index contributed by atoms with van der Waals surface area (Å²) in [5, 5.41) is 18.4. The molecule has 0 aliphatic carbocycles. The number of ether oxygens (including phenoxy) is 2. The van der Waals surface area contributed by atoms with Crippen molar-refractivity contribution in [2.24, 2.45) is 0 Å². The van der Waals surface area contributed by atoms with E-state index in [1.165, 1.54) is 19.2 Å². The number of non-ortho nitro benzene ring substituents is 1. The minimum atomic E-state index is -0.451. The minimum Gasteiger partial charge on any atom is -0.475 e. The normalized spacial score (nSPS) is 15.1. The van der Waals surface area contributed by atoms with Crippen molar-refractivity contribution in [3.05, 3.63) is 33.3 Å². The van der Waals surface area contributed by atoms with Gasteiger partial charge in [0.15, 0.2) is 0 Å². The van der Waals surface area contributed by atoms with Crippen LogP contribution in [0.2, 0.25) is 5.02 Å². The molecule has 3 rings (SSSR count). The number of anilines is 1. The molecule has 0 unspecified atom stereocenters. The standard InChI is InChI=1S/C15H18ClN5O5/c1-24-14-15(18-26-17-14)25-9-8-19-4-6-20(7-5-19)13-3-2-11(21(22)23)10-12(13)16/h2-3,10H,4-9H2,1H3. The van der Waals surface area contributed by atoms with E-state index in [1.54, 1.807) is 6.07 Å². The number of benzene rings is 1. The highest BCUT2D eigenvalue weighted by Crippen LogP contribution is 2.30. The molecule has 1 aromatic carbocycles. The number of methoxy groups -OCH3 is 1. The van der Waals surface area contributed by atoms with Gasteiger partial charge < -0.3 is 14.4 Å². The van der Waals surface area contributed by atoms with Crippen molar-refractivity contribution in [2.75, 3.05) is 51.3 Å². The Bertz CT molecular complexity index is 763. The molecule has 1 aliphatic rings. The number of hydrogen-bond acceptors (Lipinski definition) is 9. The lowest BCUT2D eigenvalue weighted by molar-refractivity contribution is -0.384. The van der Waals surface area contributed by atoms with Crippen LogP contribution in [0.5, 0.6) is 11.8 Å². The van der Waals surface area contributed by atoms with E-state index in [1.807, 2.05) is 0 Å². The van der Waals surface area contributed by atoms with Gasteiger partial charge >= 0.3 is 11.8 Å². The Morgan fingerprint density at radius 1 is 1.27 bits per heavy atom. The molecule has 2 heterocycles. The number of nitrogens with zero attached hydrogens (tertiary/aromatic N) is 5. The highest BCUT2D eigenvalue weighted by Gasteiger charge is 2.21. The summed E-state index contributed by atoms with van der Waals surface area (Å²) in [7, 11) is 1.47. The van der Waals surface area contributed by atoms with Crippen LogP contribution in [0, 0.1) is 10.1 Å². The van der Waals surface area contributed by atoms with Gasteiger partial charge in [0.05, 0.1) is 22.7 Å². The smallest absolute Gasteiger partial charge is 0.320 e. The van der Waals surface area contributed by atoms with Crippen molar-refractivity contribution in [1.29, 1.82) is 0 Å². The monoisotopic (exact) mass is 383 g/mol. The summed E-state index contributed by atoms with van der Waals surface area (Å²) in [4.78, 5) is 14.7. The zero-order valence-corrected chi connectivity index (χ0v) is 14.9. The van der Waals surface area contributed by atoms with E-state index in [4.69, 9.17) is 21.1 Å². The van der Waals surface area contributed by atoms with Crippen molar-refractivity contribution in [1.82, 2.24) is 15.2 Å². The highest BCUT2D eigenvalue weighted by atomic mass is 35.5. The largest absolute Gasteiger partial charge is 0.475 e. The molecule has 10 nitrogen and oxygen atoms in total. The van der Waals surface area contributed by atoms with Crippen LogP contribution in [0.15, 0.2) is 22.8 Å². The maximum Gasteiger partial charge on any atom is 0.320 e. The molecule has 0 N–H and O–H groups in total. The van der Waals surface area contributed by atoms with Gasteiger partial charge in [0.2, 0.25) is 0 Å². The van der Waals surface area contributed by atoms with Gasteiger partial charge in [0, 0.05) is 44.9 Å². The van der Waals surface area contributed by atoms with Crippen LogP contribution < -0.4 is 14.4 Å². The number of rotatable bonds is 7. The number of piperazine rings is 1. The van der Waals surface area contributed by atoms with Crippen molar-refractivity contribution in [3.63, 3.8) is 0 Å². The lowest BCUT2D eigenvalue weighted by atomic mass is 10.2. The predicted molar refractivity (Wildman–Crippen MR) is 93.1 cm³/mol. The summed E-state index contributed by atoms with van der Waals surface area (Å²) in [6.45, 7) is 4.34. The van der Waals surface area contributed by atoms with E-state index in [2.05, 4.69) is 24.7 Å². The average Bonchev–Trinajstić information content (AvgIpc) is 3.10. The maximum absolute atomic E-state index is 10.8. The van der Waals surface area contributed by atoms with Gasteiger partial charge in [-0.05, 0) is 16.4 Å². The van der Waals surface area contributed by atoms with Crippen LogP contribution in [0.4, 0.5) is 11.4 Å². The van der Waals surface area contributed by atoms with Crippen LogP contribution in [-0.4, -0.2) is 66.6 Å².